The zero-order chi connectivity index (χ0) is 25.6. The fraction of sp³-hybridized carbons (Fsp3) is 0.379. The van der Waals surface area contributed by atoms with E-state index in [1.165, 1.54) is 48.9 Å². The van der Waals surface area contributed by atoms with Gasteiger partial charge >= 0.3 is 5.97 Å². The molecule has 0 saturated carbocycles. The molecule has 0 radical (unpaired) electrons. The monoisotopic (exact) mass is 509 g/mol. The molecule has 0 aliphatic rings. The number of thiophene rings is 1. The number of aliphatic carboxylic acids is 1. The number of carboxylic acid groups (broad SMARTS) is 1. The standard InChI is InChI=1S/C29H35NO3S2/c1-19-17-24(18-20(2)27(19)21-8-10-22(11-9-21)29(3,4)5)34-16-6-7-23-12-13-25(35-23)28(33)30-15-14-26(31)32/h8-13,17-18H,6-7,14-16H2,1-5H3,(H,30,33)(H,31,32). The SMILES string of the molecule is Cc1cc(SCCCc2ccc(C(=O)NCCC(=O)O)s2)cc(C)c1-c1ccc(C(C)(C)C)cc1. The number of aryl methyl sites for hydroxylation is 3. The average Bonchev–Trinajstić information content (AvgIpc) is 3.25. The molecule has 0 saturated heterocycles. The second kappa shape index (κ2) is 11.9. The van der Waals surface area contributed by atoms with Gasteiger partial charge < -0.3 is 10.4 Å². The van der Waals surface area contributed by atoms with Gasteiger partial charge in [-0.2, -0.15) is 0 Å². The second-order valence-electron chi connectivity index (χ2n) is 9.88. The van der Waals surface area contributed by atoms with Crippen LogP contribution in [0.15, 0.2) is 53.4 Å². The third kappa shape index (κ3) is 7.71. The Morgan fingerprint density at radius 2 is 1.66 bits per heavy atom. The number of hydrogen-bond donors (Lipinski definition) is 2. The van der Waals surface area contributed by atoms with E-state index in [0.29, 0.717) is 4.88 Å². The quantitative estimate of drug-likeness (QED) is 0.223. The lowest BCUT2D eigenvalue weighted by molar-refractivity contribution is -0.136. The Morgan fingerprint density at radius 3 is 2.26 bits per heavy atom. The molecule has 0 fully saturated rings. The van der Waals surface area contributed by atoms with Crippen LogP contribution in [0, 0.1) is 13.8 Å². The van der Waals surface area contributed by atoms with E-state index in [1.54, 1.807) is 0 Å². The molecule has 6 heteroatoms. The van der Waals surface area contributed by atoms with E-state index >= 15 is 0 Å². The fourth-order valence-corrected chi connectivity index (χ4v) is 6.05. The van der Waals surface area contributed by atoms with Crippen LogP contribution >= 0.6 is 23.1 Å². The van der Waals surface area contributed by atoms with Crippen molar-refractivity contribution in [2.75, 3.05) is 12.3 Å². The maximum Gasteiger partial charge on any atom is 0.305 e. The third-order valence-electron chi connectivity index (χ3n) is 5.89. The summed E-state index contributed by atoms with van der Waals surface area (Å²) in [6, 6.07) is 17.4. The predicted molar refractivity (Wildman–Crippen MR) is 148 cm³/mol. The van der Waals surface area contributed by atoms with Crippen molar-refractivity contribution in [1.82, 2.24) is 5.32 Å². The Hall–Kier alpha value is -2.57. The number of carbonyl (C=O) groups is 2. The molecule has 0 unspecified atom stereocenters. The van der Waals surface area contributed by atoms with E-state index in [4.69, 9.17) is 5.11 Å². The molecule has 2 aromatic carbocycles. The highest BCUT2D eigenvalue weighted by molar-refractivity contribution is 7.99. The number of rotatable bonds is 10. The Bertz CT molecular complexity index is 1150. The molecule has 0 spiro atoms. The van der Waals surface area contributed by atoms with Crippen LogP contribution in [-0.2, 0) is 16.6 Å². The lowest BCUT2D eigenvalue weighted by atomic mass is 9.85. The molecule has 0 bridgehead atoms. The van der Waals surface area contributed by atoms with Gasteiger partial charge in [-0.05, 0) is 89.9 Å². The Balaban J connectivity index is 1.53. The number of nitrogens with one attached hydrogen (secondary N) is 1. The summed E-state index contributed by atoms with van der Waals surface area (Å²) < 4.78 is 0. The zero-order valence-electron chi connectivity index (χ0n) is 21.2. The van der Waals surface area contributed by atoms with Crippen molar-refractivity contribution >= 4 is 35.0 Å². The van der Waals surface area contributed by atoms with Gasteiger partial charge in [-0.15, -0.1) is 23.1 Å². The summed E-state index contributed by atoms with van der Waals surface area (Å²) >= 11 is 3.36. The normalized spacial score (nSPS) is 11.5. The Labute approximate surface area is 217 Å². The summed E-state index contributed by atoms with van der Waals surface area (Å²) in [5.41, 5.74) is 6.69. The van der Waals surface area contributed by atoms with E-state index in [0.717, 1.165) is 18.6 Å². The van der Waals surface area contributed by atoms with Gasteiger partial charge in [0, 0.05) is 16.3 Å². The topological polar surface area (TPSA) is 66.4 Å². The van der Waals surface area contributed by atoms with Crippen LogP contribution in [0.2, 0.25) is 0 Å². The van der Waals surface area contributed by atoms with Crippen molar-refractivity contribution in [2.24, 2.45) is 0 Å². The molecule has 0 atom stereocenters. The van der Waals surface area contributed by atoms with Gasteiger partial charge in [-0.1, -0.05) is 45.0 Å². The van der Waals surface area contributed by atoms with Crippen molar-refractivity contribution in [2.45, 2.75) is 64.2 Å². The van der Waals surface area contributed by atoms with Gasteiger partial charge in [0.15, 0.2) is 0 Å². The maximum absolute atomic E-state index is 12.1. The lowest BCUT2D eigenvalue weighted by Gasteiger charge is -2.20. The van der Waals surface area contributed by atoms with Crippen LogP contribution in [-0.4, -0.2) is 29.3 Å². The first-order valence-electron chi connectivity index (χ1n) is 12.0. The zero-order valence-corrected chi connectivity index (χ0v) is 22.9. The molecule has 0 aliphatic heterocycles. The molecule has 1 heterocycles. The minimum Gasteiger partial charge on any atom is -0.481 e. The second-order valence-corrected chi connectivity index (χ2v) is 12.2. The van der Waals surface area contributed by atoms with Crippen LogP contribution in [0.1, 0.15) is 64.9 Å². The van der Waals surface area contributed by atoms with E-state index in [9.17, 15) is 9.59 Å². The molecular weight excluding hydrogens is 474 g/mol. The number of benzene rings is 2. The van der Waals surface area contributed by atoms with Crippen molar-refractivity contribution in [3.63, 3.8) is 0 Å². The number of carbonyl (C=O) groups excluding carboxylic acids is 1. The summed E-state index contributed by atoms with van der Waals surface area (Å²) in [6.07, 6.45) is 1.89. The predicted octanol–water partition coefficient (Wildman–Crippen LogP) is 7.26. The smallest absolute Gasteiger partial charge is 0.305 e. The van der Waals surface area contributed by atoms with Gasteiger partial charge in [-0.3, -0.25) is 9.59 Å². The minimum atomic E-state index is -0.913. The average molecular weight is 510 g/mol. The maximum atomic E-state index is 12.1. The summed E-state index contributed by atoms with van der Waals surface area (Å²) in [5.74, 6) is -0.100. The molecule has 1 amide bonds. The molecule has 2 N–H and O–H groups in total. The molecule has 3 aromatic rings. The van der Waals surface area contributed by atoms with Crippen LogP contribution in [0.5, 0.6) is 0 Å². The van der Waals surface area contributed by atoms with Crippen LogP contribution < -0.4 is 5.32 Å². The number of hydrogen-bond acceptors (Lipinski definition) is 4. The van der Waals surface area contributed by atoms with Crippen LogP contribution in [0.25, 0.3) is 11.1 Å². The molecule has 35 heavy (non-hydrogen) atoms. The number of amides is 1. The van der Waals surface area contributed by atoms with Crippen LogP contribution in [0.3, 0.4) is 0 Å². The van der Waals surface area contributed by atoms with Crippen LogP contribution in [0.4, 0.5) is 0 Å². The first kappa shape index (κ1) is 27.0. The van der Waals surface area contributed by atoms with Gasteiger partial charge in [-0.25, -0.2) is 0 Å². The molecule has 1 aromatic heterocycles. The van der Waals surface area contributed by atoms with Gasteiger partial charge in [0.25, 0.3) is 5.91 Å². The van der Waals surface area contributed by atoms with E-state index < -0.39 is 5.97 Å². The first-order chi connectivity index (χ1) is 16.5. The van der Waals surface area contributed by atoms with Crippen molar-refractivity contribution in [3.8, 4) is 11.1 Å². The fourth-order valence-electron chi connectivity index (χ4n) is 4.04. The van der Waals surface area contributed by atoms with E-state index in [1.807, 2.05) is 23.9 Å². The highest BCUT2D eigenvalue weighted by atomic mass is 32.2. The van der Waals surface area contributed by atoms with Crippen molar-refractivity contribution < 1.29 is 14.7 Å². The summed E-state index contributed by atoms with van der Waals surface area (Å²) in [5, 5.41) is 11.3. The van der Waals surface area contributed by atoms with E-state index in [2.05, 4.69) is 76.3 Å². The third-order valence-corrected chi connectivity index (χ3v) is 8.10. The van der Waals surface area contributed by atoms with Gasteiger partial charge in [0.05, 0.1) is 11.3 Å². The Kier molecular flexibility index (Phi) is 9.20. The molecule has 4 nitrogen and oxygen atoms in total. The number of carboxylic acids is 1. The lowest BCUT2D eigenvalue weighted by Crippen LogP contribution is -2.25. The summed E-state index contributed by atoms with van der Waals surface area (Å²) in [4.78, 5) is 25.8. The Morgan fingerprint density at radius 1 is 1.00 bits per heavy atom. The molecule has 186 valence electrons. The molecular formula is C29H35NO3S2. The highest BCUT2D eigenvalue weighted by Gasteiger charge is 2.15. The number of thioether (sulfide) groups is 1. The largest absolute Gasteiger partial charge is 0.481 e. The van der Waals surface area contributed by atoms with Gasteiger partial charge in [0.1, 0.15) is 0 Å². The summed E-state index contributed by atoms with van der Waals surface area (Å²) in [7, 11) is 0. The summed E-state index contributed by atoms with van der Waals surface area (Å²) in [6.45, 7) is 11.3. The molecule has 3 rings (SSSR count). The van der Waals surface area contributed by atoms with Crippen molar-refractivity contribution in [3.05, 3.63) is 75.0 Å². The van der Waals surface area contributed by atoms with Gasteiger partial charge in [0.2, 0.25) is 0 Å². The first-order valence-corrected chi connectivity index (χ1v) is 13.8. The van der Waals surface area contributed by atoms with Crippen molar-refractivity contribution in [1.29, 1.82) is 0 Å². The molecule has 0 aliphatic carbocycles. The van der Waals surface area contributed by atoms with E-state index in [-0.39, 0.29) is 24.3 Å². The minimum absolute atomic E-state index is 0.0649. The highest BCUT2D eigenvalue weighted by Crippen LogP contribution is 2.33.